The van der Waals surface area contributed by atoms with Crippen LogP contribution in [0.4, 0.5) is 5.69 Å². The van der Waals surface area contributed by atoms with E-state index in [1.807, 2.05) is 18.2 Å². The van der Waals surface area contributed by atoms with Crippen molar-refractivity contribution in [1.82, 2.24) is 10.2 Å². The van der Waals surface area contributed by atoms with Crippen molar-refractivity contribution in [3.05, 3.63) is 74.3 Å². The van der Waals surface area contributed by atoms with Gasteiger partial charge in [0.2, 0.25) is 0 Å². The van der Waals surface area contributed by atoms with Crippen LogP contribution in [0.2, 0.25) is 5.02 Å². The molecule has 0 saturated carbocycles. The van der Waals surface area contributed by atoms with Gasteiger partial charge in [-0.1, -0.05) is 35.9 Å². The van der Waals surface area contributed by atoms with Crippen molar-refractivity contribution in [2.45, 2.75) is 25.9 Å². The predicted octanol–water partition coefficient (Wildman–Crippen LogP) is 3.77. The van der Waals surface area contributed by atoms with Crippen LogP contribution in [-0.4, -0.2) is 28.8 Å². The van der Waals surface area contributed by atoms with Crippen LogP contribution in [0.25, 0.3) is 0 Å². The number of benzene rings is 2. The van der Waals surface area contributed by atoms with E-state index < -0.39 is 10.8 Å². The number of halogens is 1. The monoisotopic (exact) mass is 373 g/mol. The van der Waals surface area contributed by atoms with Gasteiger partial charge in [0, 0.05) is 24.2 Å². The molecule has 0 radical (unpaired) electrons. The summed E-state index contributed by atoms with van der Waals surface area (Å²) in [4.78, 5) is 25.4. The number of nitrogens with one attached hydrogen (secondary N) is 1. The molecule has 0 aromatic heterocycles. The van der Waals surface area contributed by atoms with Crippen LogP contribution in [0.15, 0.2) is 42.5 Å². The first kappa shape index (κ1) is 18.4. The van der Waals surface area contributed by atoms with Crippen LogP contribution in [0.3, 0.4) is 0 Å². The van der Waals surface area contributed by atoms with E-state index >= 15 is 0 Å². The molecule has 1 aliphatic heterocycles. The zero-order valence-electron chi connectivity index (χ0n) is 14.3. The number of nitrogens with zero attached hydrogens (tertiary/aromatic N) is 2. The van der Waals surface area contributed by atoms with Crippen molar-refractivity contribution in [3.63, 3.8) is 0 Å². The number of carbonyl (C=O) groups is 1. The smallest absolute Gasteiger partial charge is 0.283 e. The molecule has 1 saturated heterocycles. The molecule has 0 spiro atoms. The summed E-state index contributed by atoms with van der Waals surface area (Å²) in [5.74, 6) is -0.482. The Morgan fingerprint density at radius 1 is 1.15 bits per heavy atom. The molecule has 2 aromatic rings. The van der Waals surface area contributed by atoms with Crippen molar-refractivity contribution < 1.29 is 9.72 Å². The maximum atomic E-state index is 12.4. The summed E-state index contributed by atoms with van der Waals surface area (Å²) in [7, 11) is 0. The molecule has 0 bridgehead atoms. The molecule has 1 fully saturated rings. The minimum atomic E-state index is -0.595. The second-order valence-corrected chi connectivity index (χ2v) is 6.79. The number of nitro benzene ring substituents is 1. The number of carbonyl (C=O) groups excluding carboxylic acids is 1. The van der Waals surface area contributed by atoms with Crippen LogP contribution in [0, 0.1) is 10.1 Å². The minimum Gasteiger partial charge on any atom is -0.348 e. The van der Waals surface area contributed by atoms with Crippen LogP contribution in [0.5, 0.6) is 0 Å². The number of hydrogen-bond acceptors (Lipinski definition) is 4. The van der Waals surface area contributed by atoms with E-state index in [9.17, 15) is 14.9 Å². The van der Waals surface area contributed by atoms with Crippen LogP contribution in [-0.2, 0) is 13.1 Å². The molecule has 26 heavy (non-hydrogen) atoms. The molecule has 1 amide bonds. The van der Waals surface area contributed by atoms with Gasteiger partial charge < -0.3 is 5.32 Å². The number of rotatable bonds is 6. The van der Waals surface area contributed by atoms with E-state index in [0.29, 0.717) is 6.54 Å². The minimum absolute atomic E-state index is 0.0106. The molecule has 1 aliphatic rings. The largest absolute Gasteiger partial charge is 0.348 e. The standard InChI is InChI=1S/C19H20ClN3O3/c20-16-7-8-17(18(11-16)23(25)26)19(24)21-12-14-5-1-2-6-15(14)13-22-9-3-4-10-22/h1-2,5-8,11H,3-4,9-10,12-13H2,(H,21,24). The fourth-order valence-corrected chi connectivity index (χ4v) is 3.35. The van der Waals surface area contributed by atoms with Crippen LogP contribution < -0.4 is 5.32 Å². The highest BCUT2D eigenvalue weighted by molar-refractivity contribution is 6.31. The van der Waals surface area contributed by atoms with Crippen molar-refractivity contribution in [1.29, 1.82) is 0 Å². The van der Waals surface area contributed by atoms with E-state index in [-0.39, 0.29) is 16.3 Å². The lowest BCUT2D eigenvalue weighted by Crippen LogP contribution is -2.25. The summed E-state index contributed by atoms with van der Waals surface area (Å²) in [5, 5.41) is 14.2. The SMILES string of the molecule is O=C(NCc1ccccc1CN1CCCC1)c1ccc(Cl)cc1[N+](=O)[O-]. The molecular weight excluding hydrogens is 354 g/mol. The van der Waals surface area contributed by atoms with E-state index in [1.54, 1.807) is 0 Å². The topological polar surface area (TPSA) is 75.5 Å². The van der Waals surface area contributed by atoms with Gasteiger partial charge in [0.25, 0.3) is 11.6 Å². The Morgan fingerprint density at radius 3 is 2.54 bits per heavy atom. The van der Waals surface area contributed by atoms with E-state index in [2.05, 4.69) is 16.3 Å². The Bertz CT molecular complexity index is 819. The van der Waals surface area contributed by atoms with Crippen LogP contribution in [0.1, 0.15) is 34.3 Å². The average Bonchev–Trinajstić information content (AvgIpc) is 3.13. The van der Waals surface area contributed by atoms with Crippen molar-refractivity contribution in [2.75, 3.05) is 13.1 Å². The third-order valence-electron chi connectivity index (χ3n) is 4.55. The zero-order chi connectivity index (χ0) is 18.5. The predicted molar refractivity (Wildman–Crippen MR) is 100 cm³/mol. The number of hydrogen-bond donors (Lipinski definition) is 1. The van der Waals surface area contributed by atoms with Gasteiger partial charge in [-0.3, -0.25) is 19.8 Å². The summed E-state index contributed by atoms with van der Waals surface area (Å²) in [5.41, 5.74) is 1.90. The van der Waals surface area contributed by atoms with Crippen molar-refractivity contribution >= 4 is 23.2 Å². The first-order valence-electron chi connectivity index (χ1n) is 8.56. The van der Waals surface area contributed by atoms with Crippen molar-refractivity contribution in [2.24, 2.45) is 0 Å². The van der Waals surface area contributed by atoms with Gasteiger partial charge in [-0.15, -0.1) is 0 Å². The highest BCUT2D eigenvalue weighted by atomic mass is 35.5. The molecule has 3 rings (SSSR count). The fraction of sp³-hybridized carbons (Fsp3) is 0.316. The number of amides is 1. The second kappa shape index (κ2) is 8.29. The van der Waals surface area contributed by atoms with Gasteiger partial charge in [0.15, 0.2) is 0 Å². The quantitative estimate of drug-likeness (QED) is 0.617. The highest BCUT2D eigenvalue weighted by Crippen LogP contribution is 2.23. The van der Waals surface area contributed by atoms with Gasteiger partial charge >= 0.3 is 0 Å². The number of nitro groups is 1. The molecule has 0 unspecified atom stereocenters. The summed E-state index contributed by atoms with van der Waals surface area (Å²) in [6, 6.07) is 12.0. The van der Waals surface area contributed by atoms with Gasteiger partial charge in [0.1, 0.15) is 5.56 Å². The van der Waals surface area contributed by atoms with Gasteiger partial charge in [0.05, 0.1) is 4.92 Å². The van der Waals surface area contributed by atoms with E-state index in [1.165, 1.54) is 36.6 Å². The van der Waals surface area contributed by atoms with Crippen LogP contribution >= 0.6 is 11.6 Å². The fourth-order valence-electron chi connectivity index (χ4n) is 3.18. The molecule has 136 valence electrons. The Labute approximate surface area is 156 Å². The van der Waals surface area contributed by atoms with E-state index in [0.717, 1.165) is 25.2 Å². The Hall–Kier alpha value is -2.44. The normalized spacial score (nSPS) is 14.3. The highest BCUT2D eigenvalue weighted by Gasteiger charge is 2.21. The van der Waals surface area contributed by atoms with Gasteiger partial charge in [-0.25, -0.2) is 0 Å². The Morgan fingerprint density at radius 2 is 1.85 bits per heavy atom. The van der Waals surface area contributed by atoms with Gasteiger partial charge in [-0.2, -0.15) is 0 Å². The van der Waals surface area contributed by atoms with Crippen molar-refractivity contribution in [3.8, 4) is 0 Å². The maximum Gasteiger partial charge on any atom is 0.283 e. The lowest BCUT2D eigenvalue weighted by atomic mass is 10.1. The summed E-state index contributed by atoms with van der Waals surface area (Å²) in [6.45, 7) is 3.37. The van der Waals surface area contributed by atoms with Gasteiger partial charge in [-0.05, 0) is 49.2 Å². The number of likely N-dealkylation sites (tertiary alicyclic amines) is 1. The second-order valence-electron chi connectivity index (χ2n) is 6.35. The first-order chi connectivity index (χ1) is 12.5. The molecular formula is C19H20ClN3O3. The zero-order valence-corrected chi connectivity index (χ0v) is 15.0. The Balaban J connectivity index is 1.71. The summed E-state index contributed by atoms with van der Waals surface area (Å²) < 4.78 is 0. The molecule has 1 N–H and O–H groups in total. The molecule has 0 atom stereocenters. The molecule has 1 heterocycles. The average molecular weight is 374 g/mol. The summed E-state index contributed by atoms with van der Waals surface area (Å²) in [6.07, 6.45) is 2.44. The maximum absolute atomic E-state index is 12.4. The molecule has 0 aliphatic carbocycles. The third-order valence-corrected chi connectivity index (χ3v) is 4.79. The lowest BCUT2D eigenvalue weighted by molar-refractivity contribution is -0.385. The van der Waals surface area contributed by atoms with E-state index in [4.69, 9.17) is 11.6 Å². The summed E-state index contributed by atoms with van der Waals surface area (Å²) >= 11 is 5.80. The molecule has 7 heteroatoms. The third kappa shape index (κ3) is 4.39. The molecule has 2 aromatic carbocycles. The Kier molecular flexibility index (Phi) is 5.85. The first-order valence-corrected chi connectivity index (χ1v) is 8.93. The lowest BCUT2D eigenvalue weighted by Gasteiger charge is -2.17. The molecule has 6 nitrogen and oxygen atoms in total.